The van der Waals surface area contributed by atoms with Crippen LogP contribution in [0.4, 0.5) is 17.5 Å². The van der Waals surface area contributed by atoms with E-state index in [-0.39, 0.29) is 23.7 Å². The molecule has 0 spiro atoms. The summed E-state index contributed by atoms with van der Waals surface area (Å²) in [5, 5.41) is 5.44. The van der Waals surface area contributed by atoms with E-state index in [0.29, 0.717) is 36.2 Å². The first-order valence-electron chi connectivity index (χ1n) is 11.3. The van der Waals surface area contributed by atoms with Gasteiger partial charge in [-0.05, 0) is 29.7 Å². The molecule has 0 fully saturated rings. The van der Waals surface area contributed by atoms with Crippen molar-refractivity contribution in [3.8, 4) is 11.5 Å². The molecule has 10 nitrogen and oxygen atoms in total. The highest BCUT2D eigenvalue weighted by atomic mass is 16.5. The molecule has 10 heteroatoms. The second-order valence-electron chi connectivity index (χ2n) is 8.45. The molecule has 0 bridgehead atoms. The number of nitrogens with one attached hydrogen (secondary N) is 3. The standard InChI is InChI=1S/C25H25N5O5/c1-34-16-7-8-18(19(11-16)35-2)26-23(32)17-12-20(31)27-22-21(17)24(33)29-25(28-22)30-10-9-14-5-3-4-6-15(14)13-30/h3-8,11,17H,9-10,12-13H2,1-2H3,(H,26,32)(H2,27,28,29,31,33)/t17-/m0/s1. The van der Waals surface area contributed by atoms with Crippen molar-refractivity contribution in [2.45, 2.75) is 25.3 Å². The molecule has 5 rings (SSSR count). The monoisotopic (exact) mass is 475 g/mol. The van der Waals surface area contributed by atoms with Crippen LogP contribution in [0.3, 0.4) is 0 Å². The van der Waals surface area contributed by atoms with Crippen molar-refractivity contribution in [3.05, 3.63) is 69.5 Å². The Morgan fingerprint density at radius 3 is 2.69 bits per heavy atom. The van der Waals surface area contributed by atoms with Crippen molar-refractivity contribution in [1.82, 2.24) is 9.97 Å². The summed E-state index contributed by atoms with van der Waals surface area (Å²) in [5.41, 5.74) is 2.51. The summed E-state index contributed by atoms with van der Waals surface area (Å²) in [6.07, 6.45) is 0.649. The number of H-pyrrole nitrogens is 1. The molecule has 0 unspecified atom stereocenters. The number of ether oxygens (including phenoxy) is 2. The molecule has 1 aromatic heterocycles. The normalized spacial score (nSPS) is 16.6. The SMILES string of the molecule is COc1ccc(NC(=O)[C@H]2CC(=O)Nc3nc(N4CCc5ccccc5C4)[nH]c(=O)c32)c(OC)c1. The summed E-state index contributed by atoms with van der Waals surface area (Å²) in [4.78, 5) is 48.1. The number of benzene rings is 2. The molecule has 1 atom stereocenters. The third-order valence-electron chi connectivity index (χ3n) is 6.35. The predicted octanol–water partition coefficient (Wildman–Crippen LogP) is 2.41. The molecule has 2 aromatic carbocycles. The molecule has 0 aliphatic carbocycles. The number of hydrogen-bond acceptors (Lipinski definition) is 7. The lowest BCUT2D eigenvalue weighted by molar-refractivity contribution is -0.123. The topological polar surface area (TPSA) is 126 Å². The summed E-state index contributed by atoms with van der Waals surface area (Å²) in [6, 6.07) is 13.1. The Hall–Kier alpha value is -4.34. The summed E-state index contributed by atoms with van der Waals surface area (Å²) in [5.74, 6) is -0.453. The Morgan fingerprint density at radius 2 is 1.91 bits per heavy atom. The van der Waals surface area contributed by atoms with E-state index in [1.165, 1.54) is 19.8 Å². The van der Waals surface area contributed by atoms with Crippen molar-refractivity contribution in [3.63, 3.8) is 0 Å². The van der Waals surface area contributed by atoms with Gasteiger partial charge in [-0.1, -0.05) is 24.3 Å². The number of anilines is 3. The van der Waals surface area contributed by atoms with Crippen LogP contribution in [-0.2, 0) is 22.6 Å². The lowest BCUT2D eigenvalue weighted by Crippen LogP contribution is -2.38. The largest absolute Gasteiger partial charge is 0.497 e. The van der Waals surface area contributed by atoms with Gasteiger partial charge in [-0.2, -0.15) is 4.98 Å². The van der Waals surface area contributed by atoms with Crippen LogP contribution in [0.25, 0.3) is 0 Å². The molecule has 2 amide bonds. The fourth-order valence-corrected chi connectivity index (χ4v) is 4.53. The molecule has 0 saturated heterocycles. The van der Waals surface area contributed by atoms with E-state index < -0.39 is 17.4 Å². The highest BCUT2D eigenvalue weighted by Crippen LogP contribution is 2.34. The van der Waals surface area contributed by atoms with E-state index in [1.54, 1.807) is 18.2 Å². The van der Waals surface area contributed by atoms with Gasteiger partial charge >= 0.3 is 0 Å². The van der Waals surface area contributed by atoms with Crippen LogP contribution in [0, 0.1) is 0 Å². The maximum Gasteiger partial charge on any atom is 0.258 e. The lowest BCUT2D eigenvalue weighted by atomic mass is 9.92. The summed E-state index contributed by atoms with van der Waals surface area (Å²) in [7, 11) is 3.00. The first-order valence-corrected chi connectivity index (χ1v) is 11.3. The molecule has 35 heavy (non-hydrogen) atoms. The average molecular weight is 476 g/mol. The first kappa shape index (κ1) is 22.5. The third-order valence-corrected chi connectivity index (χ3v) is 6.35. The number of methoxy groups -OCH3 is 2. The zero-order valence-corrected chi connectivity index (χ0v) is 19.4. The fourth-order valence-electron chi connectivity index (χ4n) is 4.53. The molecule has 2 aliphatic heterocycles. The first-order chi connectivity index (χ1) is 17.0. The molecular formula is C25H25N5O5. The van der Waals surface area contributed by atoms with Gasteiger partial charge in [0, 0.05) is 25.6 Å². The fraction of sp³-hybridized carbons (Fsp3) is 0.280. The van der Waals surface area contributed by atoms with Gasteiger partial charge in [0.25, 0.3) is 5.56 Å². The van der Waals surface area contributed by atoms with E-state index in [2.05, 4.69) is 26.7 Å². The van der Waals surface area contributed by atoms with E-state index in [1.807, 2.05) is 23.1 Å². The number of carbonyl (C=O) groups excluding carboxylic acids is 2. The van der Waals surface area contributed by atoms with Gasteiger partial charge in [-0.25, -0.2) is 0 Å². The second kappa shape index (κ2) is 9.13. The van der Waals surface area contributed by atoms with Crippen LogP contribution in [0.5, 0.6) is 11.5 Å². The predicted molar refractivity (Wildman–Crippen MR) is 130 cm³/mol. The molecule has 3 heterocycles. The minimum atomic E-state index is -1.00. The van der Waals surface area contributed by atoms with Gasteiger partial charge in [-0.3, -0.25) is 19.4 Å². The number of aromatic nitrogens is 2. The third kappa shape index (κ3) is 4.30. The number of rotatable bonds is 5. The van der Waals surface area contributed by atoms with Crippen molar-refractivity contribution in [2.24, 2.45) is 0 Å². The van der Waals surface area contributed by atoms with Crippen LogP contribution in [-0.4, -0.2) is 42.5 Å². The summed E-state index contributed by atoms with van der Waals surface area (Å²) in [6.45, 7) is 1.26. The lowest BCUT2D eigenvalue weighted by Gasteiger charge is -2.30. The van der Waals surface area contributed by atoms with Gasteiger partial charge in [-0.15, -0.1) is 0 Å². The second-order valence-corrected chi connectivity index (χ2v) is 8.45. The smallest absolute Gasteiger partial charge is 0.258 e. The van der Waals surface area contributed by atoms with Gasteiger partial charge in [0.05, 0.1) is 31.4 Å². The van der Waals surface area contributed by atoms with Crippen LogP contribution < -0.4 is 30.6 Å². The summed E-state index contributed by atoms with van der Waals surface area (Å²) < 4.78 is 10.5. The average Bonchev–Trinajstić information content (AvgIpc) is 2.87. The molecular weight excluding hydrogens is 450 g/mol. The summed E-state index contributed by atoms with van der Waals surface area (Å²) >= 11 is 0. The van der Waals surface area contributed by atoms with Gasteiger partial charge in [0.1, 0.15) is 17.3 Å². The Kier molecular flexibility index (Phi) is 5.86. The van der Waals surface area contributed by atoms with Crippen LogP contribution >= 0.6 is 0 Å². The Labute approximate surface area is 201 Å². The molecule has 3 aromatic rings. The van der Waals surface area contributed by atoms with Gasteiger partial charge in [0.15, 0.2) is 0 Å². The number of fused-ring (bicyclic) bond motifs is 2. The molecule has 0 saturated carbocycles. The Morgan fingerprint density at radius 1 is 1.11 bits per heavy atom. The van der Waals surface area contributed by atoms with Crippen LogP contribution in [0.15, 0.2) is 47.3 Å². The van der Waals surface area contributed by atoms with Crippen LogP contribution in [0.1, 0.15) is 29.0 Å². The van der Waals surface area contributed by atoms with Crippen LogP contribution in [0.2, 0.25) is 0 Å². The van der Waals surface area contributed by atoms with Crippen molar-refractivity contribution in [1.29, 1.82) is 0 Å². The van der Waals surface area contributed by atoms with E-state index >= 15 is 0 Å². The Balaban J connectivity index is 1.44. The minimum Gasteiger partial charge on any atom is -0.497 e. The number of aromatic amines is 1. The van der Waals surface area contributed by atoms with E-state index in [0.717, 1.165) is 12.0 Å². The van der Waals surface area contributed by atoms with Crippen molar-refractivity contribution < 1.29 is 19.1 Å². The van der Waals surface area contributed by atoms with Crippen molar-refractivity contribution in [2.75, 3.05) is 36.3 Å². The van der Waals surface area contributed by atoms with Gasteiger partial charge < -0.3 is 25.0 Å². The van der Waals surface area contributed by atoms with E-state index in [4.69, 9.17) is 9.47 Å². The zero-order valence-electron chi connectivity index (χ0n) is 19.4. The highest BCUT2D eigenvalue weighted by molar-refractivity contribution is 6.05. The number of carbonyl (C=O) groups is 2. The quantitative estimate of drug-likeness (QED) is 0.517. The highest BCUT2D eigenvalue weighted by Gasteiger charge is 2.35. The van der Waals surface area contributed by atoms with Gasteiger partial charge in [0.2, 0.25) is 17.8 Å². The van der Waals surface area contributed by atoms with Crippen molar-refractivity contribution >= 4 is 29.3 Å². The number of amides is 2. The maximum atomic E-state index is 13.2. The maximum absolute atomic E-state index is 13.2. The number of nitrogens with zero attached hydrogens (tertiary/aromatic N) is 2. The molecule has 0 radical (unpaired) electrons. The number of hydrogen-bond donors (Lipinski definition) is 3. The minimum absolute atomic E-state index is 0.112. The Bertz CT molecular complexity index is 1370. The zero-order chi connectivity index (χ0) is 24.5. The molecule has 2 aliphatic rings. The van der Waals surface area contributed by atoms with E-state index in [9.17, 15) is 14.4 Å². The molecule has 3 N–H and O–H groups in total. The molecule has 180 valence electrons.